The summed E-state index contributed by atoms with van der Waals surface area (Å²) in [6.07, 6.45) is 1.45. The minimum absolute atomic E-state index is 0.397. The van der Waals surface area contributed by atoms with Crippen molar-refractivity contribution in [1.29, 1.82) is 0 Å². The fourth-order valence-electron chi connectivity index (χ4n) is 2.55. The molecule has 3 rings (SSSR count). The molecule has 2 heterocycles. The Morgan fingerprint density at radius 2 is 1.84 bits per heavy atom. The lowest BCUT2D eigenvalue weighted by atomic mass is 9.94. The van der Waals surface area contributed by atoms with Crippen molar-refractivity contribution >= 4 is 0 Å². The van der Waals surface area contributed by atoms with Gasteiger partial charge in [0.2, 0.25) is 0 Å². The van der Waals surface area contributed by atoms with Crippen molar-refractivity contribution in [2.24, 2.45) is 0 Å². The average molecular weight is 254 g/mol. The Bertz CT molecular complexity index is 509. The molecule has 1 fully saturated rings. The summed E-state index contributed by atoms with van der Waals surface area (Å²) in [5.41, 5.74) is 2.15. The minimum Gasteiger partial charge on any atom is -0.387 e. The van der Waals surface area contributed by atoms with E-state index < -0.39 is 6.10 Å². The molecule has 0 bridgehead atoms. The van der Waals surface area contributed by atoms with Crippen molar-refractivity contribution in [1.82, 2.24) is 9.88 Å². The van der Waals surface area contributed by atoms with Gasteiger partial charge in [-0.25, -0.2) is 0 Å². The van der Waals surface area contributed by atoms with Gasteiger partial charge in [-0.1, -0.05) is 36.4 Å². The molecule has 0 amide bonds. The Hall–Kier alpha value is -1.71. The smallest absolute Gasteiger partial charge is 0.0916 e. The third kappa shape index (κ3) is 2.83. The summed E-state index contributed by atoms with van der Waals surface area (Å²) in [4.78, 5) is 6.66. The van der Waals surface area contributed by atoms with Crippen molar-refractivity contribution in [3.63, 3.8) is 0 Å². The number of rotatable bonds is 4. The van der Waals surface area contributed by atoms with Gasteiger partial charge < -0.3 is 5.11 Å². The fourth-order valence-corrected chi connectivity index (χ4v) is 2.55. The summed E-state index contributed by atoms with van der Waals surface area (Å²) in [5.74, 6) is 0.518. The maximum atomic E-state index is 10.2. The van der Waals surface area contributed by atoms with Gasteiger partial charge >= 0.3 is 0 Å². The molecule has 19 heavy (non-hydrogen) atoms. The van der Waals surface area contributed by atoms with Crippen LogP contribution in [0.5, 0.6) is 0 Å². The minimum atomic E-state index is -0.397. The second-order valence-corrected chi connectivity index (χ2v) is 5.10. The van der Waals surface area contributed by atoms with Gasteiger partial charge in [0.05, 0.1) is 6.10 Å². The van der Waals surface area contributed by atoms with E-state index in [2.05, 4.69) is 16.0 Å². The zero-order valence-corrected chi connectivity index (χ0v) is 10.8. The predicted molar refractivity (Wildman–Crippen MR) is 74.8 cm³/mol. The quantitative estimate of drug-likeness (QED) is 0.909. The molecule has 0 aliphatic carbocycles. The van der Waals surface area contributed by atoms with Crippen molar-refractivity contribution in [2.75, 3.05) is 19.6 Å². The number of aliphatic hydroxyl groups is 1. The normalized spacial score (nSPS) is 17.9. The Kier molecular flexibility index (Phi) is 3.58. The highest BCUT2D eigenvalue weighted by Crippen LogP contribution is 2.27. The van der Waals surface area contributed by atoms with Crippen LogP contribution in [-0.4, -0.2) is 34.6 Å². The Balaban J connectivity index is 1.52. The fraction of sp³-hybridized carbons (Fsp3) is 0.312. The number of likely N-dealkylation sites (tertiary alicyclic amines) is 1. The molecule has 0 spiro atoms. The van der Waals surface area contributed by atoms with Crippen LogP contribution in [0, 0.1) is 0 Å². The molecule has 1 aromatic heterocycles. The van der Waals surface area contributed by atoms with Crippen LogP contribution in [-0.2, 0) is 0 Å². The van der Waals surface area contributed by atoms with Gasteiger partial charge in [0.25, 0.3) is 0 Å². The van der Waals surface area contributed by atoms with E-state index in [4.69, 9.17) is 0 Å². The molecule has 1 aliphatic heterocycles. The van der Waals surface area contributed by atoms with Gasteiger partial charge in [-0.3, -0.25) is 9.88 Å². The Morgan fingerprint density at radius 1 is 1.11 bits per heavy atom. The third-order valence-corrected chi connectivity index (χ3v) is 3.68. The molecule has 2 aromatic rings. The zero-order valence-electron chi connectivity index (χ0n) is 10.8. The first-order valence-electron chi connectivity index (χ1n) is 6.69. The van der Waals surface area contributed by atoms with Gasteiger partial charge in [0.15, 0.2) is 0 Å². The molecule has 0 saturated carbocycles. The molecule has 3 heteroatoms. The van der Waals surface area contributed by atoms with Crippen molar-refractivity contribution in [2.45, 2.75) is 12.0 Å². The van der Waals surface area contributed by atoms with E-state index >= 15 is 0 Å². The van der Waals surface area contributed by atoms with Gasteiger partial charge in [-0.2, -0.15) is 0 Å². The lowest BCUT2D eigenvalue weighted by Crippen LogP contribution is -2.46. The lowest BCUT2D eigenvalue weighted by Gasteiger charge is -2.40. The predicted octanol–water partition coefficient (Wildman–Crippen LogP) is 2.21. The Labute approximate surface area is 113 Å². The lowest BCUT2D eigenvalue weighted by molar-refractivity contribution is 0.0635. The average Bonchev–Trinajstić information content (AvgIpc) is 2.44. The van der Waals surface area contributed by atoms with Crippen LogP contribution in [0.4, 0.5) is 0 Å². The van der Waals surface area contributed by atoms with E-state index in [1.807, 2.05) is 48.7 Å². The van der Waals surface area contributed by atoms with Crippen LogP contribution >= 0.6 is 0 Å². The first-order valence-corrected chi connectivity index (χ1v) is 6.69. The molecule has 0 radical (unpaired) electrons. The highest BCUT2D eigenvalue weighted by molar-refractivity contribution is 5.19. The van der Waals surface area contributed by atoms with E-state index in [9.17, 15) is 5.11 Å². The number of benzene rings is 1. The van der Waals surface area contributed by atoms with Crippen LogP contribution in [0.25, 0.3) is 0 Å². The molecule has 1 aliphatic rings. The van der Waals surface area contributed by atoms with E-state index in [1.165, 1.54) is 0 Å². The number of hydrogen-bond donors (Lipinski definition) is 1. The first kappa shape index (κ1) is 12.3. The SMILES string of the molecule is O[C@@H](CN1CC(c2ccccn2)C1)c1ccccc1. The number of aliphatic hydroxyl groups excluding tert-OH is 1. The molecule has 1 saturated heterocycles. The van der Waals surface area contributed by atoms with Gasteiger partial charge in [0.1, 0.15) is 0 Å². The largest absolute Gasteiger partial charge is 0.387 e. The molecule has 1 aromatic carbocycles. The number of pyridine rings is 1. The van der Waals surface area contributed by atoms with Gasteiger partial charge in [-0.15, -0.1) is 0 Å². The number of hydrogen-bond acceptors (Lipinski definition) is 3. The van der Waals surface area contributed by atoms with Gasteiger partial charge in [-0.05, 0) is 17.7 Å². The summed E-state index contributed by atoms with van der Waals surface area (Å²) < 4.78 is 0. The van der Waals surface area contributed by atoms with Crippen molar-refractivity contribution in [3.8, 4) is 0 Å². The molecule has 1 N–H and O–H groups in total. The molecular weight excluding hydrogens is 236 g/mol. The standard InChI is InChI=1S/C16H18N2O/c19-16(13-6-2-1-3-7-13)12-18-10-14(11-18)15-8-4-5-9-17-15/h1-9,14,16,19H,10-12H2/t16-/m0/s1. The van der Waals surface area contributed by atoms with E-state index in [0.29, 0.717) is 12.5 Å². The van der Waals surface area contributed by atoms with Crippen molar-refractivity contribution < 1.29 is 5.11 Å². The summed E-state index contributed by atoms with van der Waals surface area (Å²) in [7, 11) is 0. The third-order valence-electron chi connectivity index (χ3n) is 3.68. The van der Waals surface area contributed by atoms with Gasteiger partial charge in [0, 0.05) is 37.4 Å². The highest BCUT2D eigenvalue weighted by atomic mass is 16.3. The number of nitrogens with zero attached hydrogens (tertiary/aromatic N) is 2. The summed E-state index contributed by atoms with van der Waals surface area (Å²) in [6, 6.07) is 15.9. The molecule has 1 atom stereocenters. The maximum Gasteiger partial charge on any atom is 0.0916 e. The molecule has 3 nitrogen and oxygen atoms in total. The van der Waals surface area contributed by atoms with E-state index in [1.54, 1.807) is 0 Å². The first-order chi connectivity index (χ1) is 9.33. The maximum absolute atomic E-state index is 10.2. The second-order valence-electron chi connectivity index (χ2n) is 5.10. The molecule has 0 unspecified atom stereocenters. The topological polar surface area (TPSA) is 36.4 Å². The van der Waals surface area contributed by atoms with E-state index in [-0.39, 0.29) is 0 Å². The van der Waals surface area contributed by atoms with Crippen LogP contribution in [0.2, 0.25) is 0 Å². The number of β-amino-alcohol motifs (C(OH)–C–C–N with tert-alkyl or cyclic N) is 1. The van der Waals surface area contributed by atoms with Crippen LogP contribution < -0.4 is 0 Å². The zero-order chi connectivity index (χ0) is 13.1. The van der Waals surface area contributed by atoms with Crippen LogP contribution in [0.3, 0.4) is 0 Å². The summed E-state index contributed by atoms with van der Waals surface area (Å²) in [6.45, 7) is 2.68. The molecular formula is C16H18N2O. The second kappa shape index (κ2) is 5.51. The summed E-state index contributed by atoms with van der Waals surface area (Å²) >= 11 is 0. The van der Waals surface area contributed by atoms with E-state index in [0.717, 1.165) is 24.3 Å². The Morgan fingerprint density at radius 3 is 2.53 bits per heavy atom. The monoisotopic (exact) mass is 254 g/mol. The highest BCUT2D eigenvalue weighted by Gasteiger charge is 2.30. The van der Waals surface area contributed by atoms with Crippen LogP contribution in [0.1, 0.15) is 23.3 Å². The number of aromatic nitrogens is 1. The summed E-state index contributed by atoms with van der Waals surface area (Å²) in [5, 5.41) is 10.2. The molecule has 98 valence electrons. The van der Waals surface area contributed by atoms with Crippen molar-refractivity contribution in [3.05, 3.63) is 66.0 Å². The van der Waals surface area contributed by atoms with Crippen LogP contribution in [0.15, 0.2) is 54.7 Å².